The summed E-state index contributed by atoms with van der Waals surface area (Å²) in [4.78, 5) is 0. The maximum Gasteiger partial charge on any atom is 0.165 e. The van der Waals surface area contributed by atoms with Gasteiger partial charge in [-0.1, -0.05) is 20.3 Å². The molecule has 0 amide bonds. The molecule has 2 heteroatoms. The van der Waals surface area contributed by atoms with Gasteiger partial charge in [0, 0.05) is 0 Å². The fraction of sp³-hybridized carbons (Fsp3) is 0.727. The Morgan fingerprint density at radius 3 is 2.75 bits per heavy atom. The molecule has 0 heterocycles. The molecule has 4 unspecified atom stereocenters. The predicted octanol–water partition coefficient (Wildman–Crippen LogP) is 6.11. The number of ether oxygens (including phenoxy) is 1. The SMILES string of the molecule is CCOc1cc2c(cc1F)CCC1C2CC[C@]2(C)C(CC)CCC12. The van der Waals surface area contributed by atoms with E-state index in [1.807, 2.05) is 13.0 Å². The van der Waals surface area contributed by atoms with Crippen LogP contribution in [0.3, 0.4) is 0 Å². The van der Waals surface area contributed by atoms with Crippen LogP contribution >= 0.6 is 0 Å². The van der Waals surface area contributed by atoms with E-state index in [2.05, 4.69) is 13.8 Å². The van der Waals surface area contributed by atoms with Gasteiger partial charge in [-0.25, -0.2) is 4.39 Å². The van der Waals surface area contributed by atoms with Crippen molar-refractivity contribution in [3.05, 3.63) is 29.1 Å². The van der Waals surface area contributed by atoms with E-state index in [0.717, 1.165) is 24.2 Å². The van der Waals surface area contributed by atoms with Crippen LogP contribution in [0.15, 0.2) is 12.1 Å². The number of fused-ring (bicyclic) bond motifs is 5. The maximum absolute atomic E-state index is 14.2. The highest BCUT2D eigenvalue weighted by atomic mass is 19.1. The van der Waals surface area contributed by atoms with Crippen molar-refractivity contribution in [3.8, 4) is 5.75 Å². The van der Waals surface area contributed by atoms with Crippen LogP contribution in [-0.2, 0) is 6.42 Å². The number of hydrogen-bond donors (Lipinski definition) is 0. The number of benzene rings is 1. The molecule has 5 atom stereocenters. The highest BCUT2D eigenvalue weighted by molar-refractivity contribution is 5.42. The summed E-state index contributed by atoms with van der Waals surface area (Å²) < 4.78 is 19.8. The molecule has 132 valence electrons. The molecule has 2 fully saturated rings. The predicted molar refractivity (Wildman–Crippen MR) is 96.0 cm³/mol. The zero-order valence-corrected chi connectivity index (χ0v) is 15.4. The highest BCUT2D eigenvalue weighted by Gasteiger charge is 2.54. The summed E-state index contributed by atoms with van der Waals surface area (Å²) in [5.74, 6) is 3.49. The molecule has 0 radical (unpaired) electrons. The van der Waals surface area contributed by atoms with Gasteiger partial charge in [0.05, 0.1) is 6.61 Å². The average molecular weight is 330 g/mol. The van der Waals surface area contributed by atoms with Gasteiger partial charge >= 0.3 is 0 Å². The Labute approximate surface area is 146 Å². The van der Waals surface area contributed by atoms with Crippen LogP contribution in [0.1, 0.15) is 76.3 Å². The van der Waals surface area contributed by atoms with Gasteiger partial charge in [0.2, 0.25) is 0 Å². The Balaban J connectivity index is 1.68. The van der Waals surface area contributed by atoms with Gasteiger partial charge in [-0.15, -0.1) is 0 Å². The quantitative estimate of drug-likeness (QED) is 0.650. The third kappa shape index (κ3) is 2.32. The Hall–Kier alpha value is -1.05. The summed E-state index contributed by atoms with van der Waals surface area (Å²) in [6, 6.07) is 3.80. The van der Waals surface area contributed by atoms with E-state index in [9.17, 15) is 4.39 Å². The monoisotopic (exact) mass is 330 g/mol. The fourth-order valence-corrected chi connectivity index (χ4v) is 6.62. The smallest absolute Gasteiger partial charge is 0.165 e. The molecule has 0 aliphatic heterocycles. The van der Waals surface area contributed by atoms with E-state index < -0.39 is 0 Å². The molecule has 3 aliphatic carbocycles. The van der Waals surface area contributed by atoms with E-state index in [1.54, 1.807) is 6.07 Å². The van der Waals surface area contributed by atoms with Gasteiger partial charge < -0.3 is 4.74 Å². The van der Waals surface area contributed by atoms with Gasteiger partial charge in [0.25, 0.3) is 0 Å². The molecular formula is C22H31FO. The van der Waals surface area contributed by atoms with Crippen molar-refractivity contribution in [2.45, 2.75) is 71.6 Å². The fourth-order valence-electron chi connectivity index (χ4n) is 6.62. The zero-order chi connectivity index (χ0) is 16.9. The lowest BCUT2D eigenvalue weighted by atomic mass is 9.54. The molecule has 3 aliphatic rings. The average Bonchev–Trinajstić information content (AvgIpc) is 2.92. The Kier molecular flexibility index (Phi) is 4.13. The number of rotatable bonds is 3. The molecule has 0 bridgehead atoms. The molecular weight excluding hydrogens is 299 g/mol. The van der Waals surface area contributed by atoms with Crippen molar-refractivity contribution >= 4 is 0 Å². The molecule has 0 spiro atoms. The van der Waals surface area contributed by atoms with E-state index in [4.69, 9.17) is 4.74 Å². The number of halogens is 1. The largest absolute Gasteiger partial charge is 0.491 e. The molecule has 0 N–H and O–H groups in total. The van der Waals surface area contributed by atoms with Crippen molar-refractivity contribution < 1.29 is 9.13 Å². The van der Waals surface area contributed by atoms with Crippen molar-refractivity contribution in [2.24, 2.45) is 23.2 Å². The van der Waals surface area contributed by atoms with Crippen LogP contribution in [0.2, 0.25) is 0 Å². The van der Waals surface area contributed by atoms with Gasteiger partial charge in [0.15, 0.2) is 11.6 Å². The van der Waals surface area contributed by atoms with E-state index in [1.165, 1.54) is 49.7 Å². The Morgan fingerprint density at radius 2 is 2.00 bits per heavy atom. The first kappa shape index (κ1) is 16.4. The molecule has 2 saturated carbocycles. The first-order valence-electron chi connectivity index (χ1n) is 10.0. The summed E-state index contributed by atoms with van der Waals surface area (Å²) in [6.45, 7) is 7.40. The molecule has 1 nitrogen and oxygen atoms in total. The first-order chi connectivity index (χ1) is 11.6. The van der Waals surface area contributed by atoms with E-state index in [-0.39, 0.29) is 5.82 Å². The first-order valence-corrected chi connectivity index (χ1v) is 10.0. The van der Waals surface area contributed by atoms with E-state index in [0.29, 0.717) is 23.7 Å². The lowest BCUT2D eigenvalue weighted by Crippen LogP contribution is -2.42. The summed E-state index contributed by atoms with van der Waals surface area (Å²) >= 11 is 0. The normalized spacial score (nSPS) is 37.5. The van der Waals surface area contributed by atoms with Crippen LogP contribution in [0.5, 0.6) is 5.75 Å². The molecule has 1 aromatic carbocycles. The second-order valence-corrected chi connectivity index (χ2v) is 8.56. The molecule has 1 aromatic rings. The molecule has 4 rings (SSSR count). The van der Waals surface area contributed by atoms with Crippen molar-refractivity contribution in [1.82, 2.24) is 0 Å². The standard InChI is InChI=1S/C22H31FO/c1-4-15-7-9-19-17-8-6-14-12-20(23)21(24-5-2)13-18(14)16(17)10-11-22(15,19)3/h12-13,15-17,19H,4-11H2,1-3H3/t15?,16?,17?,19?,22-/m1/s1. The van der Waals surface area contributed by atoms with Crippen molar-refractivity contribution in [2.75, 3.05) is 6.61 Å². The highest BCUT2D eigenvalue weighted by Crippen LogP contribution is 2.63. The molecule has 0 saturated heterocycles. The molecule has 24 heavy (non-hydrogen) atoms. The third-order valence-electron chi connectivity index (χ3n) is 7.77. The van der Waals surface area contributed by atoms with Gasteiger partial charge in [0.1, 0.15) is 0 Å². The minimum absolute atomic E-state index is 0.179. The number of aryl methyl sites for hydroxylation is 1. The molecule has 0 aromatic heterocycles. The second kappa shape index (κ2) is 6.04. The van der Waals surface area contributed by atoms with Crippen LogP contribution < -0.4 is 4.74 Å². The topological polar surface area (TPSA) is 9.23 Å². The van der Waals surface area contributed by atoms with Crippen molar-refractivity contribution in [1.29, 1.82) is 0 Å². The van der Waals surface area contributed by atoms with Crippen LogP contribution in [0, 0.1) is 29.0 Å². The maximum atomic E-state index is 14.2. The van der Waals surface area contributed by atoms with Crippen LogP contribution in [-0.4, -0.2) is 6.61 Å². The number of hydrogen-bond acceptors (Lipinski definition) is 1. The second-order valence-electron chi connectivity index (χ2n) is 8.56. The summed E-state index contributed by atoms with van der Waals surface area (Å²) in [5.41, 5.74) is 3.19. The van der Waals surface area contributed by atoms with Gasteiger partial charge in [-0.05, 0) is 97.8 Å². The lowest BCUT2D eigenvalue weighted by Gasteiger charge is -2.51. The summed E-state index contributed by atoms with van der Waals surface area (Å²) in [6.07, 6.45) is 9.08. The van der Waals surface area contributed by atoms with Gasteiger partial charge in [-0.2, -0.15) is 0 Å². The zero-order valence-electron chi connectivity index (χ0n) is 15.4. The van der Waals surface area contributed by atoms with Crippen LogP contribution in [0.4, 0.5) is 4.39 Å². The van der Waals surface area contributed by atoms with Crippen LogP contribution in [0.25, 0.3) is 0 Å². The minimum Gasteiger partial charge on any atom is -0.491 e. The van der Waals surface area contributed by atoms with Gasteiger partial charge in [-0.3, -0.25) is 0 Å². The third-order valence-corrected chi connectivity index (χ3v) is 7.77. The summed E-state index contributed by atoms with van der Waals surface area (Å²) in [5, 5.41) is 0. The van der Waals surface area contributed by atoms with E-state index >= 15 is 0 Å². The summed E-state index contributed by atoms with van der Waals surface area (Å²) in [7, 11) is 0. The Bertz CT molecular complexity index is 625. The lowest BCUT2D eigenvalue weighted by molar-refractivity contribution is 0.0272. The Morgan fingerprint density at radius 1 is 1.17 bits per heavy atom. The minimum atomic E-state index is -0.179. The van der Waals surface area contributed by atoms with Crippen molar-refractivity contribution in [3.63, 3.8) is 0 Å².